The molecule has 0 unspecified atom stereocenters. The van der Waals surface area contributed by atoms with Gasteiger partial charge in [0.2, 0.25) is 0 Å². The molecule has 0 saturated heterocycles. The lowest BCUT2D eigenvalue weighted by Gasteiger charge is -2.13. The smallest absolute Gasteiger partial charge is 0.269 e. The molecule has 1 aliphatic rings. The molecular weight excluding hydrogens is 373 g/mol. The molecule has 0 N–H and O–H groups in total. The highest BCUT2D eigenvalue weighted by molar-refractivity contribution is 7.90. The largest absolute Gasteiger partial charge is 0.457 e. The highest BCUT2D eigenvalue weighted by Gasteiger charge is 2.43. The molecule has 3 rings (SSSR count). The summed E-state index contributed by atoms with van der Waals surface area (Å²) in [6, 6.07) is 6.53. The number of carbonyl (C=O) groups excluding carboxylic acids is 1. The lowest BCUT2D eigenvalue weighted by Crippen LogP contribution is -2.25. The molecule has 26 heavy (non-hydrogen) atoms. The van der Waals surface area contributed by atoms with E-state index in [9.17, 15) is 26.4 Å². The molecule has 6 nitrogen and oxygen atoms in total. The van der Waals surface area contributed by atoms with Gasteiger partial charge in [-0.3, -0.25) is 4.79 Å². The molecule has 0 aromatic heterocycles. The number of amides is 1. The van der Waals surface area contributed by atoms with E-state index in [-0.39, 0.29) is 11.3 Å². The van der Waals surface area contributed by atoms with Crippen LogP contribution in [0.4, 0.5) is 13.2 Å². The Balaban J connectivity index is 2.19. The zero-order chi connectivity index (χ0) is 19.2. The first kappa shape index (κ1) is 17.8. The van der Waals surface area contributed by atoms with Crippen LogP contribution in [-0.4, -0.2) is 25.7 Å². The number of fused-ring (bicyclic) bond motifs is 1. The summed E-state index contributed by atoms with van der Waals surface area (Å²) in [4.78, 5) is 11.6. The standard InChI is InChI=1S/C16H9F3N2O4S/c1-21-16(22)14-12(26(21,23)24)3-2-11(13(14)15(18)19)25-10-5-8(7-20)4-9(17)6-10/h2-6,15H,1H3. The Morgan fingerprint density at radius 1 is 1.23 bits per heavy atom. The number of benzene rings is 2. The maximum Gasteiger partial charge on any atom is 0.269 e. The third kappa shape index (κ3) is 2.66. The van der Waals surface area contributed by atoms with Gasteiger partial charge in [0, 0.05) is 13.1 Å². The number of alkyl halides is 2. The highest BCUT2D eigenvalue weighted by atomic mass is 32.2. The van der Waals surface area contributed by atoms with E-state index >= 15 is 0 Å². The summed E-state index contributed by atoms with van der Waals surface area (Å²) in [7, 11) is -3.25. The van der Waals surface area contributed by atoms with E-state index in [1.807, 2.05) is 0 Å². The van der Waals surface area contributed by atoms with Crippen LogP contribution in [0.15, 0.2) is 35.2 Å². The van der Waals surface area contributed by atoms with E-state index in [1.165, 1.54) is 0 Å². The number of nitriles is 1. The predicted molar refractivity (Wildman–Crippen MR) is 81.9 cm³/mol. The van der Waals surface area contributed by atoms with E-state index in [4.69, 9.17) is 10.00 Å². The molecule has 1 amide bonds. The fourth-order valence-electron chi connectivity index (χ4n) is 2.55. The van der Waals surface area contributed by atoms with Crippen LogP contribution in [-0.2, 0) is 10.0 Å². The maximum absolute atomic E-state index is 13.6. The molecule has 0 spiro atoms. The summed E-state index contributed by atoms with van der Waals surface area (Å²) in [6.07, 6.45) is -3.23. The van der Waals surface area contributed by atoms with Gasteiger partial charge in [-0.2, -0.15) is 5.26 Å². The van der Waals surface area contributed by atoms with Crippen molar-refractivity contribution < 1.29 is 31.1 Å². The van der Waals surface area contributed by atoms with Gasteiger partial charge in [0.25, 0.3) is 22.4 Å². The second kappa shape index (κ2) is 6.03. The molecule has 134 valence electrons. The van der Waals surface area contributed by atoms with Crippen LogP contribution in [0.3, 0.4) is 0 Å². The van der Waals surface area contributed by atoms with E-state index in [0.717, 1.165) is 37.4 Å². The zero-order valence-electron chi connectivity index (χ0n) is 13.0. The highest BCUT2D eigenvalue weighted by Crippen LogP contribution is 2.42. The van der Waals surface area contributed by atoms with Gasteiger partial charge in [-0.25, -0.2) is 25.9 Å². The van der Waals surface area contributed by atoms with Gasteiger partial charge >= 0.3 is 0 Å². The van der Waals surface area contributed by atoms with Crippen molar-refractivity contribution >= 4 is 15.9 Å². The molecule has 0 radical (unpaired) electrons. The van der Waals surface area contributed by atoms with E-state index < -0.39 is 49.9 Å². The van der Waals surface area contributed by atoms with E-state index in [2.05, 4.69) is 0 Å². The Kier molecular flexibility index (Phi) is 4.12. The van der Waals surface area contributed by atoms with Crippen molar-refractivity contribution in [3.05, 3.63) is 52.8 Å². The van der Waals surface area contributed by atoms with Gasteiger partial charge in [0.1, 0.15) is 22.2 Å². The van der Waals surface area contributed by atoms with Crippen molar-refractivity contribution in [1.29, 1.82) is 5.26 Å². The fourth-order valence-corrected chi connectivity index (χ4v) is 3.85. The normalized spacial score (nSPS) is 15.1. The first-order valence-corrected chi connectivity index (χ1v) is 8.47. The lowest BCUT2D eigenvalue weighted by molar-refractivity contribution is 0.0877. The molecule has 0 saturated carbocycles. The fraction of sp³-hybridized carbons (Fsp3) is 0.125. The van der Waals surface area contributed by atoms with Crippen LogP contribution >= 0.6 is 0 Å². The summed E-state index contributed by atoms with van der Waals surface area (Å²) in [5.41, 5.74) is -1.70. The predicted octanol–water partition coefficient (Wildman–Crippen LogP) is 3.20. The SMILES string of the molecule is CN1C(=O)c2c(ccc(Oc3cc(F)cc(C#N)c3)c2C(F)F)S1(=O)=O. The number of ether oxygens (including phenoxy) is 1. The van der Waals surface area contributed by atoms with Gasteiger partial charge in [0.05, 0.1) is 22.8 Å². The zero-order valence-corrected chi connectivity index (χ0v) is 13.9. The molecule has 2 aromatic carbocycles. The number of rotatable bonds is 3. The monoisotopic (exact) mass is 382 g/mol. The van der Waals surface area contributed by atoms with Gasteiger partial charge in [0.15, 0.2) is 0 Å². The van der Waals surface area contributed by atoms with Crippen LogP contribution in [0, 0.1) is 17.1 Å². The molecule has 0 aliphatic carbocycles. The summed E-state index contributed by atoms with van der Waals surface area (Å²) in [5, 5.41) is 8.83. The Morgan fingerprint density at radius 2 is 1.92 bits per heavy atom. The van der Waals surface area contributed by atoms with Gasteiger partial charge < -0.3 is 4.74 Å². The first-order valence-electron chi connectivity index (χ1n) is 7.03. The molecule has 0 bridgehead atoms. The van der Waals surface area contributed by atoms with E-state index in [1.54, 1.807) is 6.07 Å². The van der Waals surface area contributed by atoms with Gasteiger partial charge in [-0.15, -0.1) is 0 Å². The minimum Gasteiger partial charge on any atom is -0.457 e. The molecule has 0 fully saturated rings. The summed E-state index contributed by atoms with van der Waals surface area (Å²) in [5.74, 6) is -2.69. The second-order valence-electron chi connectivity index (χ2n) is 5.32. The third-order valence-corrected chi connectivity index (χ3v) is 5.53. The Bertz CT molecular complexity index is 1080. The van der Waals surface area contributed by atoms with Crippen LogP contribution in [0.25, 0.3) is 0 Å². The molecule has 0 atom stereocenters. The van der Waals surface area contributed by atoms with Crippen LogP contribution in [0.5, 0.6) is 11.5 Å². The summed E-state index contributed by atoms with van der Waals surface area (Å²) in [6.45, 7) is 0. The number of sulfonamides is 1. The number of halogens is 3. The van der Waals surface area contributed by atoms with Gasteiger partial charge in [-0.1, -0.05) is 0 Å². The third-order valence-electron chi connectivity index (χ3n) is 3.75. The number of carbonyl (C=O) groups is 1. The Morgan fingerprint density at radius 3 is 2.54 bits per heavy atom. The van der Waals surface area contributed by atoms with Gasteiger partial charge in [-0.05, 0) is 24.3 Å². The second-order valence-corrected chi connectivity index (χ2v) is 7.26. The van der Waals surface area contributed by atoms with Crippen LogP contribution < -0.4 is 4.74 Å². The average molecular weight is 382 g/mol. The van der Waals surface area contributed by atoms with Crippen molar-refractivity contribution in [3.63, 3.8) is 0 Å². The van der Waals surface area contributed by atoms with Crippen molar-refractivity contribution in [1.82, 2.24) is 4.31 Å². The molecule has 1 heterocycles. The topological polar surface area (TPSA) is 87.5 Å². The number of hydrogen-bond acceptors (Lipinski definition) is 5. The van der Waals surface area contributed by atoms with Crippen molar-refractivity contribution in [2.24, 2.45) is 0 Å². The summed E-state index contributed by atoms with van der Waals surface area (Å²) >= 11 is 0. The quantitative estimate of drug-likeness (QED) is 0.814. The average Bonchev–Trinajstić information content (AvgIpc) is 2.74. The Labute approximate surface area is 146 Å². The molecule has 1 aliphatic heterocycles. The molecule has 2 aromatic rings. The number of hydrogen-bond donors (Lipinski definition) is 0. The van der Waals surface area contributed by atoms with Crippen molar-refractivity contribution in [3.8, 4) is 17.6 Å². The summed E-state index contributed by atoms with van der Waals surface area (Å²) < 4.78 is 70.5. The minimum atomic E-state index is -4.20. The number of nitrogens with zero attached hydrogens (tertiary/aromatic N) is 2. The van der Waals surface area contributed by atoms with Crippen LogP contribution in [0.1, 0.15) is 27.9 Å². The first-order chi connectivity index (χ1) is 12.2. The van der Waals surface area contributed by atoms with Crippen molar-refractivity contribution in [2.75, 3.05) is 7.05 Å². The molecule has 10 heteroatoms. The van der Waals surface area contributed by atoms with Crippen molar-refractivity contribution in [2.45, 2.75) is 11.3 Å². The Hall–Kier alpha value is -3.06. The lowest BCUT2D eigenvalue weighted by atomic mass is 10.1. The maximum atomic E-state index is 13.6. The van der Waals surface area contributed by atoms with Crippen LogP contribution in [0.2, 0.25) is 0 Å². The minimum absolute atomic E-state index is 0.0989. The molecular formula is C16H9F3N2O4S. The van der Waals surface area contributed by atoms with E-state index in [0.29, 0.717) is 4.31 Å².